The molecule has 0 spiro atoms. The highest BCUT2D eigenvalue weighted by atomic mass is 32.2. The summed E-state index contributed by atoms with van der Waals surface area (Å²) in [6, 6.07) is 3.23. The Morgan fingerprint density at radius 3 is 2.50 bits per heavy atom. The van der Waals surface area contributed by atoms with Crippen LogP contribution < -0.4 is 5.32 Å². The molecule has 0 bridgehead atoms. The van der Waals surface area contributed by atoms with Crippen LogP contribution in [0.25, 0.3) is 0 Å². The molecule has 20 heavy (non-hydrogen) atoms. The summed E-state index contributed by atoms with van der Waals surface area (Å²) in [5.74, 6) is 0.640. The van der Waals surface area contributed by atoms with Crippen LogP contribution in [-0.4, -0.2) is 32.9 Å². The molecule has 0 aromatic carbocycles. The van der Waals surface area contributed by atoms with Crippen molar-refractivity contribution in [2.45, 2.75) is 45.8 Å². The quantitative estimate of drug-likeness (QED) is 0.786. The predicted molar refractivity (Wildman–Crippen MR) is 80.0 cm³/mol. The second-order valence-corrected chi connectivity index (χ2v) is 8.20. The highest BCUT2D eigenvalue weighted by molar-refractivity contribution is 7.89. The summed E-state index contributed by atoms with van der Waals surface area (Å²) in [4.78, 5) is 0. The fraction of sp³-hybridized carbons (Fsp3) is 0.714. The number of sulfonamides is 1. The molecule has 0 aliphatic carbocycles. The first-order valence-electron chi connectivity index (χ1n) is 6.92. The van der Waals surface area contributed by atoms with Crippen molar-refractivity contribution in [1.82, 2.24) is 9.62 Å². The molecule has 0 saturated carbocycles. The molecule has 0 aliphatic heterocycles. The lowest BCUT2D eigenvalue weighted by molar-refractivity contribution is 0.302. The van der Waals surface area contributed by atoms with Gasteiger partial charge in [-0.1, -0.05) is 27.7 Å². The third-order valence-electron chi connectivity index (χ3n) is 2.72. The highest BCUT2D eigenvalue weighted by Crippen LogP contribution is 2.22. The molecular formula is C14H26N2O3S. The standard InChI is InChI=1S/C14H26N2O3S/c1-6-9-15-10-12-7-8-13(19-12)20(17,18)16(5)11-14(2,3)4/h7-8,15H,6,9-11H2,1-5H3. The zero-order valence-electron chi connectivity index (χ0n) is 13.1. The molecule has 0 fully saturated rings. The summed E-state index contributed by atoms with van der Waals surface area (Å²) in [7, 11) is -1.96. The van der Waals surface area contributed by atoms with E-state index in [1.165, 1.54) is 10.4 Å². The molecule has 1 rings (SSSR count). The van der Waals surface area contributed by atoms with E-state index in [1.807, 2.05) is 20.8 Å². The lowest BCUT2D eigenvalue weighted by Gasteiger charge is -2.25. The van der Waals surface area contributed by atoms with E-state index >= 15 is 0 Å². The fourth-order valence-corrected chi connectivity index (χ4v) is 3.20. The van der Waals surface area contributed by atoms with E-state index in [4.69, 9.17) is 4.42 Å². The maximum absolute atomic E-state index is 12.4. The molecule has 116 valence electrons. The molecule has 1 aromatic heterocycles. The largest absolute Gasteiger partial charge is 0.447 e. The van der Waals surface area contributed by atoms with Gasteiger partial charge in [0.2, 0.25) is 5.09 Å². The predicted octanol–water partition coefficient (Wildman–Crippen LogP) is 2.45. The first-order valence-corrected chi connectivity index (χ1v) is 8.36. The SMILES string of the molecule is CCCNCc1ccc(S(=O)(=O)N(C)CC(C)(C)C)o1. The molecule has 0 atom stereocenters. The average Bonchev–Trinajstić information content (AvgIpc) is 2.76. The maximum Gasteiger partial charge on any atom is 0.276 e. The van der Waals surface area contributed by atoms with Gasteiger partial charge < -0.3 is 9.73 Å². The van der Waals surface area contributed by atoms with Crippen molar-refractivity contribution in [3.63, 3.8) is 0 Å². The van der Waals surface area contributed by atoms with Crippen LogP contribution in [0.15, 0.2) is 21.6 Å². The Hall–Kier alpha value is -0.850. The van der Waals surface area contributed by atoms with E-state index in [2.05, 4.69) is 12.2 Å². The summed E-state index contributed by atoms with van der Waals surface area (Å²) in [6.07, 6.45) is 1.03. The number of furan rings is 1. The topological polar surface area (TPSA) is 62.6 Å². The van der Waals surface area contributed by atoms with Gasteiger partial charge in [-0.3, -0.25) is 0 Å². The molecule has 0 aliphatic rings. The van der Waals surface area contributed by atoms with Crippen LogP contribution >= 0.6 is 0 Å². The van der Waals surface area contributed by atoms with Crippen molar-refractivity contribution in [3.8, 4) is 0 Å². The van der Waals surface area contributed by atoms with Gasteiger partial charge in [0.05, 0.1) is 6.54 Å². The lowest BCUT2D eigenvalue weighted by Crippen LogP contribution is -2.34. The summed E-state index contributed by atoms with van der Waals surface area (Å²) in [5, 5.41) is 3.19. The van der Waals surface area contributed by atoms with Crippen LogP contribution in [0.5, 0.6) is 0 Å². The third-order valence-corrected chi connectivity index (χ3v) is 4.40. The van der Waals surface area contributed by atoms with Crippen LogP contribution in [0.1, 0.15) is 39.9 Å². The maximum atomic E-state index is 12.4. The summed E-state index contributed by atoms with van der Waals surface area (Å²) in [5.41, 5.74) is -0.0973. The average molecular weight is 302 g/mol. The van der Waals surface area contributed by atoms with Gasteiger partial charge in [-0.15, -0.1) is 0 Å². The Kier molecular flexibility index (Phi) is 5.79. The van der Waals surface area contributed by atoms with E-state index in [1.54, 1.807) is 13.1 Å². The van der Waals surface area contributed by atoms with E-state index < -0.39 is 10.0 Å². The van der Waals surface area contributed by atoms with Gasteiger partial charge in [-0.25, -0.2) is 8.42 Å². The number of hydrogen-bond donors (Lipinski definition) is 1. The van der Waals surface area contributed by atoms with Gasteiger partial charge in [0.25, 0.3) is 10.0 Å². The van der Waals surface area contributed by atoms with Crippen LogP contribution in [0.4, 0.5) is 0 Å². The lowest BCUT2D eigenvalue weighted by atomic mass is 9.97. The van der Waals surface area contributed by atoms with E-state index in [9.17, 15) is 8.42 Å². The van der Waals surface area contributed by atoms with Crippen molar-refractivity contribution in [2.24, 2.45) is 5.41 Å². The Labute approximate surface area is 122 Å². The van der Waals surface area contributed by atoms with Crippen molar-refractivity contribution in [2.75, 3.05) is 20.1 Å². The second-order valence-electron chi connectivity index (χ2n) is 6.22. The molecule has 0 unspecified atom stereocenters. The van der Waals surface area contributed by atoms with E-state index in [0.717, 1.165) is 13.0 Å². The molecule has 0 saturated heterocycles. The monoisotopic (exact) mass is 302 g/mol. The zero-order valence-corrected chi connectivity index (χ0v) is 13.9. The van der Waals surface area contributed by atoms with Gasteiger partial charge in [-0.2, -0.15) is 4.31 Å². The highest BCUT2D eigenvalue weighted by Gasteiger charge is 2.27. The number of nitrogens with zero attached hydrogens (tertiary/aromatic N) is 1. The zero-order chi connectivity index (χ0) is 15.4. The van der Waals surface area contributed by atoms with Crippen LogP contribution in [0.3, 0.4) is 0 Å². The van der Waals surface area contributed by atoms with Crippen LogP contribution in [-0.2, 0) is 16.6 Å². The second kappa shape index (κ2) is 6.74. The molecule has 0 radical (unpaired) electrons. The number of rotatable bonds is 7. The van der Waals surface area contributed by atoms with Gasteiger partial charge in [0, 0.05) is 13.6 Å². The molecule has 6 heteroatoms. The van der Waals surface area contributed by atoms with Gasteiger partial charge in [0.15, 0.2) is 0 Å². The molecule has 0 amide bonds. The minimum atomic E-state index is -3.54. The third kappa shape index (κ3) is 4.92. The van der Waals surface area contributed by atoms with E-state index in [-0.39, 0.29) is 10.5 Å². The number of hydrogen-bond acceptors (Lipinski definition) is 4. The number of nitrogens with one attached hydrogen (secondary N) is 1. The summed E-state index contributed by atoms with van der Waals surface area (Å²) in [6.45, 7) is 9.95. The minimum Gasteiger partial charge on any atom is -0.447 e. The Morgan fingerprint density at radius 1 is 1.30 bits per heavy atom. The summed E-state index contributed by atoms with van der Waals surface area (Å²) >= 11 is 0. The molecule has 1 aromatic rings. The van der Waals surface area contributed by atoms with Gasteiger partial charge in [0.1, 0.15) is 5.76 Å². The molecular weight excluding hydrogens is 276 g/mol. The van der Waals surface area contributed by atoms with Crippen molar-refractivity contribution < 1.29 is 12.8 Å². The Bertz CT molecular complexity index is 515. The first-order chi connectivity index (χ1) is 9.16. The fourth-order valence-electron chi connectivity index (χ4n) is 1.89. The molecule has 5 nitrogen and oxygen atoms in total. The van der Waals surface area contributed by atoms with Crippen LogP contribution in [0, 0.1) is 5.41 Å². The van der Waals surface area contributed by atoms with E-state index in [0.29, 0.717) is 18.8 Å². The van der Waals surface area contributed by atoms with Gasteiger partial charge >= 0.3 is 0 Å². The van der Waals surface area contributed by atoms with Crippen molar-refractivity contribution in [3.05, 3.63) is 17.9 Å². The van der Waals surface area contributed by atoms with Crippen LogP contribution in [0.2, 0.25) is 0 Å². The van der Waals surface area contributed by atoms with Crippen molar-refractivity contribution >= 4 is 10.0 Å². The normalized spacial score (nSPS) is 13.1. The smallest absolute Gasteiger partial charge is 0.276 e. The van der Waals surface area contributed by atoms with Crippen molar-refractivity contribution in [1.29, 1.82) is 0 Å². The Balaban J connectivity index is 2.77. The minimum absolute atomic E-state index is 0.0116. The summed E-state index contributed by atoms with van der Waals surface area (Å²) < 4.78 is 31.5. The van der Waals surface area contributed by atoms with Gasteiger partial charge in [-0.05, 0) is 30.5 Å². The molecule has 1 heterocycles. The first kappa shape index (κ1) is 17.2. The molecule has 1 N–H and O–H groups in total. The Morgan fingerprint density at radius 2 is 1.95 bits per heavy atom.